The summed E-state index contributed by atoms with van der Waals surface area (Å²) in [5.74, 6) is -0.365. The molecule has 0 radical (unpaired) electrons. The van der Waals surface area contributed by atoms with Gasteiger partial charge in [-0.3, -0.25) is 4.79 Å². The molecule has 1 heterocycles. The molecule has 4 rings (SSSR count). The van der Waals surface area contributed by atoms with Crippen molar-refractivity contribution < 1.29 is 9.90 Å². The summed E-state index contributed by atoms with van der Waals surface area (Å²) in [5, 5.41) is 15.9. The molecule has 0 aliphatic heterocycles. The van der Waals surface area contributed by atoms with Gasteiger partial charge in [0.25, 0.3) is 5.91 Å². The van der Waals surface area contributed by atoms with E-state index in [9.17, 15) is 9.90 Å². The lowest BCUT2D eigenvalue weighted by atomic mass is 10.00. The zero-order valence-electron chi connectivity index (χ0n) is 14.8. The minimum absolute atomic E-state index is 0.365. The summed E-state index contributed by atoms with van der Waals surface area (Å²) < 4.78 is 0.827. The number of amides is 1. The summed E-state index contributed by atoms with van der Waals surface area (Å²) in [6.07, 6.45) is -0.943. The van der Waals surface area contributed by atoms with Crippen molar-refractivity contribution in [2.75, 3.05) is 5.32 Å². The lowest BCUT2D eigenvalue weighted by molar-refractivity contribution is 0.103. The Labute approximate surface area is 186 Å². The Morgan fingerprint density at radius 1 is 0.931 bits per heavy atom. The van der Waals surface area contributed by atoms with Gasteiger partial charge >= 0.3 is 0 Å². The first-order valence-electron chi connectivity index (χ1n) is 8.65. The van der Waals surface area contributed by atoms with E-state index in [1.807, 2.05) is 30.3 Å². The molecule has 146 valence electrons. The van der Waals surface area contributed by atoms with E-state index in [4.69, 9.17) is 34.8 Å². The minimum Gasteiger partial charge on any atom is -0.384 e. The second-order valence-electron chi connectivity index (χ2n) is 6.38. The number of nitrogens with one attached hydrogen (secondary N) is 1. The van der Waals surface area contributed by atoms with E-state index in [0.29, 0.717) is 36.8 Å². The van der Waals surface area contributed by atoms with Crippen LogP contribution in [-0.4, -0.2) is 11.0 Å². The fraction of sp³-hybridized carbons (Fsp3) is 0.0455. The number of thiophene rings is 1. The SMILES string of the molecule is O=C(Nc1ccc(Cl)cc1C(O)c1ccccc1)c1sc2cc(Cl)ccc2c1Cl. The molecule has 2 N–H and O–H groups in total. The first kappa shape index (κ1) is 20.2. The average Bonchev–Trinajstić information content (AvgIpc) is 3.05. The molecule has 1 unspecified atom stereocenters. The third kappa shape index (κ3) is 4.13. The maximum atomic E-state index is 13.0. The van der Waals surface area contributed by atoms with Gasteiger partial charge in [0, 0.05) is 31.4 Å². The van der Waals surface area contributed by atoms with Crippen molar-refractivity contribution in [2.45, 2.75) is 6.10 Å². The van der Waals surface area contributed by atoms with Crippen LogP contribution in [0.3, 0.4) is 0 Å². The molecule has 3 aromatic carbocycles. The molecule has 0 saturated heterocycles. The molecule has 1 atom stereocenters. The van der Waals surface area contributed by atoms with Gasteiger partial charge in [-0.05, 0) is 35.9 Å². The largest absolute Gasteiger partial charge is 0.384 e. The number of hydrogen-bond donors (Lipinski definition) is 2. The van der Waals surface area contributed by atoms with Gasteiger partial charge in [-0.15, -0.1) is 11.3 Å². The van der Waals surface area contributed by atoms with Crippen molar-refractivity contribution >= 4 is 67.8 Å². The smallest absolute Gasteiger partial charge is 0.267 e. The van der Waals surface area contributed by atoms with E-state index in [-0.39, 0.29) is 5.91 Å². The van der Waals surface area contributed by atoms with E-state index >= 15 is 0 Å². The molecular formula is C22H14Cl3NO2S. The topological polar surface area (TPSA) is 49.3 Å². The van der Waals surface area contributed by atoms with Crippen LogP contribution in [-0.2, 0) is 0 Å². The highest BCUT2D eigenvalue weighted by Gasteiger charge is 2.21. The van der Waals surface area contributed by atoms with Gasteiger partial charge in [-0.25, -0.2) is 0 Å². The van der Waals surface area contributed by atoms with E-state index in [1.54, 1.807) is 36.4 Å². The van der Waals surface area contributed by atoms with Crippen LogP contribution in [0.15, 0.2) is 66.7 Å². The highest BCUT2D eigenvalue weighted by Crippen LogP contribution is 2.38. The molecule has 4 aromatic rings. The summed E-state index contributed by atoms with van der Waals surface area (Å²) in [6, 6.07) is 19.4. The molecule has 7 heteroatoms. The fourth-order valence-corrected chi connectivity index (χ4v) is 4.92. The van der Waals surface area contributed by atoms with E-state index in [1.165, 1.54) is 11.3 Å². The second-order valence-corrected chi connectivity index (χ2v) is 8.69. The minimum atomic E-state index is -0.943. The molecule has 29 heavy (non-hydrogen) atoms. The Morgan fingerprint density at radius 3 is 2.38 bits per heavy atom. The van der Waals surface area contributed by atoms with Crippen LogP contribution in [0, 0.1) is 0 Å². The van der Waals surface area contributed by atoms with Gasteiger partial charge in [-0.1, -0.05) is 71.2 Å². The summed E-state index contributed by atoms with van der Waals surface area (Å²) in [6.45, 7) is 0. The molecule has 0 aliphatic carbocycles. The number of halogens is 3. The Bertz CT molecular complexity index is 1210. The van der Waals surface area contributed by atoms with Crippen LogP contribution in [0.2, 0.25) is 15.1 Å². The number of aliphatic hydroxyl groups is 1. The molecule has 0 bridgehead atoms. The number of carbonyl (C=O) groups is 1. The van der Waals surface area contributed by atoms with Crippen LogP contribution in [0.1, 0.15) is 26.9 Å². The van der Waals surface area contributed by atoms with Crippen LogP contribution < -0.4 is 5.32 Å². The van der Waals surface area contributed by atoms with Gasteiger partial charge in [0.05, 0.1) is 5.02 Å². The zero-order chi connectivity index (χ0) is 20.5. The van der Waals surface area contributed by atoms with Crippen LogP contribution in [0.25, 0.3) is 10.1 Å². The van der Waals surface area contributed by atoms with Gasteiger partial charge < -0.3 is 10.4 Å². The first-order valence-corrected chi connectivity index (χ1v) is 10.6. The van der Waals surface area contributed by atoms with Crippen LogP contribution in [0.5, 0.6) is 0 Å². The van der Waals surface area contributed by atoms with Crippen molar-refractivity contribution in [3.8, 4) is 0 Å². The monoisotopic (exact) mass is 461 g/mol. The van der Waals surface area contributed by atoms with E-state index in [2.05, 4.69) is 5.32 Å². The van der Waals surface area contributed by atoms with E-state index in [0.717, 1.165) is 10.1 Å². The molecule has 1 amide bonds. The maximum absolute atomic E-state index is 13.0. The van der Waals surface area contributed by atoms with Crippen LogP contribution in [0.4, 0.5) is 5.69 Å². The summed E-state index contributed by atoms with van der Waals surface area (Å²) in [5.41, 5.74) is 1.65. The van der Waals surface area contributed by atoms with Gasteiger partial charge in [0.1, 0.15) is 11.0 Å². The van der Waals surface area contributed by atoms with Crippen molar-refractivity contribution in [1.82, 2.24) is 0 Å². The van der Waals surface area contributed by atoms with Crippen molar-refractivity contribution in [3.63, 3.8) is 0 Å². The number of fused-ring (bicyclic) bond motifs is 1. The predicted octanol–water partition coefficient (Wildman–Crippen LogP) is 7.20. The molecule has 0 aliphatic rings. The number of hydrogen-bond acceptors (Lipinski definition) is 3. The first-order chi connectivity index (χ1) is 13.9. The highest BCUT2D eigenvalue weighted by atomic mass is 35.5. The van der Waals surface area contributed by atoms with E-state index < -0.39 is 6.10 Å². The fourth-order valence-electron chi connectivity index (χ4n) is 3.05. The third-order valence-electron chi connectivity index (χ3n) is 4.47. The number of rotatable bonds is 4. The highest BCUT2D eigenvalue weighted by molar-refractivity contribution is 7.21. The number of benzene rings is 3. The van der Waals surface area contributed by atoms with Gasteiger partial charge in [-0.2, -0.15) is 0 Å². The van der Waals surface area contributed by atoms with Crippen molar-refractivity contribution in [3.05, 3.63) is 97.8 Å². The third-order valence-corrected chi connectivity index (χ3v) is 6.60. The van der Waals surface area contributed by atoms with Crippen LogP contribution >= 0.6 is 46.1 Å². The second kappa shape index (κ2) is 8.34. The molecular weight excluding hydrogens is 449 g/mol. The lowest BCUT2D eigenvalue weighted by Gasteiger charge is -2.17. The number of anilines is 1. The molecule has 0 fully saturated rings. The average molecular weight is 463 g/mol. The van der Waals surface area contributed by atoms with Gasteiger partial charge in [0.2, 0.25) is 0 Å². The Hall–Kier alpha value is -2.08. The molecule has 0 spiro atoms. The Morgan fingerprint density at radius 2 is 1.62 bits per heavy atom. The molecule has 3 nitrogen and oxygen atoms in total. The molecule has 1 aromatic heterocycles. The van der Waals surface area contributed by atoms with Gasteiger partial charge in [0.15, 0.2) is 0 Å². The zero-order valence-corrected chi connectivity index (χ0v) is 17.9. The Kier molecular flexibility index (Phi) is 5.81. The normalized spacial score (nSPS) is 12.1. The van der Waals surface area contributed by atoms with Crippen molar-refractivity contribution in [2.24, 2.45) is 0 Å². The summed E-state index contributed by atoms with van der Waals surface area (Å²) >= 11 is 19.9. The molecule has 0 saturated carbocycles. The predicted molar refractivity (Wildman–Crippen MR) is 122 cm³/mol. The quantitative estimate of drug-likeness (QED) is 0.337. The standard InChI is InChI=1S/C22H14Cl3NO2S/c23-13-7-9-17(16(10-13)20(27)12-4-2-1-3-5-12)26-22(28)21-19(25)15-8-6-14(24)11-18(15)29-21/h1-11,20,27H,(H,26,28). The Balaban J connectivity index is 1.70. The maximum Gasteiger partial charge on any atom is 0.267 e. The summed E-state index contributed by atoms with van der Waals surface area (Å²) in [4.78, 5) is 13.3. The summed E-state index contributed by atoms with van der Waals surface area (Å²) in [7, 11) is 0. The lowest BCUT2D eigenvalue weighted by Crippen LogP contribution is -2.14. The number of aliphatic hydroxyl groups excluding tert-OH is 1. The van der Waals surface area contributed by atoms with Crippen molar-refractivity contribution in [1.29, 1.82) is 0 Å². The number of carbonyl (C=O) groups excluding carboxylic acids is 1.